The van der Waals surface area contributed by atoms with Crippen molar-refractivity contribution in [3.05, 3.63) is 52.6 Å². The average Bonchev–Trinajstić information content (AvgIpc) is 2.39. The molecule has 0 saturated heterocycles. The molecule has 0 atom stereocenters. The molecule has 0 aromatic heterocycles. The van der Waals surface area contributed by atoms with Crippen LogP contribution in [0, 0.1) is 20.8 Å². The molecule has 20 heavy (non-hydrogen) atoms. The van der Waals surface area contributed by atoms with Crippen LogP contribution in [0.4, 0.5) is 11.4 Å². The molecule has 1 amide bonds. The first-order chi connectivity index (χ1) is 9.38. The van der Waals surface area contributed by atoms with Crippen LogP contribution in [0.3, 0.4) is 0 Å². The van der Waals surface area contributed by atoms with Crippen molar-refractivity contribution in [2.75, 3.05) is 11.1 Å². The van der Waals surface area contributed by atoms with Crippen molar-refractivity contribution < 1.29 is 9.90 Å². The summed E-state index contributed by atoms with van der Waals surface area (Å²) in [6, 6.07) is 8.42. The van der Waals surface area contributed by atoms with Gasteiger partial charge < -0.3 is 16.2 Å². The lowest BCUT2D eigenvalue weighted by atomic mass is 10.1. The summed E-state index contributed by atoms with van der Waals surface area (Å²) in [6.07, 6.45) is 0. The molecular weight excluding hydrogens is 252 g/mol. The van der Waals surface area contributed by atoms with E-state index in [1.807, 2.05) is 26.0 Å². The van der Waals surface area contributed by atoms with Crippen LogP contribution in [-0.4, -0.2) is 11.0 Å². The zero-order valence-electron chi connectivity index (χ0n) is 11.8. The first-order valence-electron chi connectivity index (χ1n) is 6.36. The summed E-state index contributed by atoms with van der Waals surface area (Å²) >= 11 is 0. The number of carbonyl (C=O) groups excluding carboxylic acids is 1. The predicted octanol–water partition coefficient (Wildman–Crippen LogP) is 3.15. The summed E-state index contributed by atoms with van der Waals surface area (Å²) < 4.78 is 0. The number of anilines is 2. The highest BCUT2D eigenvalue weighted by atomic mass is 16.3. The number of phenols is 1. The van der Waals surface area contributed by atoms with Gasteiger partial charge in [-0.1, -0.05) is 0 Å². The standard InChI is InChI=1S/C16H18N2O2/c1-9-7-13(17)14(8-10(9)2)18-16(20)12-4-5-15(19)11(3)6-12/h4-8,19H,17H2,1-3H3,(H,18,20). The molecule has 4 nitrogen and oxygen atoms in total. The Kier molecular flexibility index (Phi) is 3.66. The average molecular weight is 270 g/mol. The van der Waals surface area contributed by atoms with Crippen LogP contribution in [0.15, 0.2) is 30.3 Å². The Hall–Kier alpha value is -2.49. The maximum Gasteiger partial charge on any atom is 0.255 e. The van der Waals surface area contributed by atoms with E-state index < -0.39 is 0 Å². The molecule has 0 aliphatic rings. The van der Waals surface area contributed by atoms with E-state index in [9.17, 15) is 9.90 Å². The number of nitrogen functional groups attached to an aromatic ring is 1. The number of nitrogens with one attached hydrogen (secondary N) is 1. The number of phenolic OH excluding ortho intramolecular Hbond substituents is 1. The molecule has 104 valence electrons. The SMILES string of the molecule is Cc1cc(N)c(NC(=O)c2ccc(O)c(C)c2)cc1C. The van der Waals surface area contributed by atoms with Crippen molar-refractivity contribution in [2.24, 2.45) is 0 Å². The number of hydrogen-bond donors (Lipinski definition) is 3. The number of nitrogens with two attached hydrogens (primary N) is 1. The van der Waals surface area contributed by atoms with E-state index in [1.165, 1.54) is 6.07 Å². The fraction of sp³-hybridized carbons (Fsp3) is 0.188. The summed E-state index contributed by atoms with van der Waals surface area (Å²) in [5.74, 6) is -0.0738. The van der Waals surface area contributed by atoms with Crippen LogP contribution >= 0.6 is 0 Å². The lowest BCUT2D eigenvalue weighted by Crippen LogP contribution is -2.13. The van der Waals surface area contributed by atoms with Gasteiger partial charge in [0.1, 0.15) is 5.75 Å². The Balaban J connectivity index is 2.27. The summed E-state index contributed by atoms with van der Waals surface area (Å²) in [4.78, 5) is 12.2. The van der Waals surface area contributed by atoms with E-state index in [-0.39, 0.29) is 11.7 Å². The van der Waals surface area contributed by atoms with Gasteiger partial charge in [-0.15, -0.1) is 0 Å². The Morgan fingerprint density at radius 3 is 2.35 bits per heavy atom. The third-order valence-corrected chi connectivity index (χ3v) is 3.37. The van der Waals surface area contributed by atoms with Crippen molar-refractivity contribution in [1.29, 1.82) is 0 Å². The molecule has 0 unspecified atom stereocenters. The van der Waals surface area contributed by atoms with E-state index in [0.717, 1.165) is 11.1 Å². The quantitative estimate of drug-likeness (QED) is 0.734. The molecule has 0 fully saturated rings. The van der Waals surface area contributed by atoms with Crippen LogP contribution in [0.25, 0.3) is 0 Å². The Morgan fingerprint density at radius 1 is 1.05 bits per heavy atom. The zero-order valence-corrected chi connectivity index (χ0v) is 11.8. The van der Waals surface area contributed by atoms with E-state index in [4.69, 9.17) is 5.73 Å². The highest BCUT2D eigenvalue weighted by Gasteiger charge is 2.10. The van der Waals surface area contributed by atoms with Gasteiger partial charge in [-0.25, -0.2) is 0 Å². The monoisotopic (exact) mass is 270 g/mol. The van der Waals surface area contributed by atoms with Crippen LogP contribution < -0.4 is 11.1 Å². The lowest BCUT2D eigenvalue weighted by molar-refractivity contribution is 0.102. The van der Waals surface area contributed by atoms with Gasteiger partial charge in [-0.3, -0.25) is 4.79 Å². The normalized spacial score (nSPS) is 10.3. The molecular formula is C16H18N2O2. The second-order valence-electron chi connectivity index (χ2n) is 4.98. The largest absolute Gasteiger partial charge is 0.508 e. The molecule has 0 spiro atoms. The van der Waals surface area contributed by atoms with Gasteiger partial charge in [-0.05, 0) is 67.8 Å². The third kappa shape index (κ3) is 2.74. The fourth-order valence-corrected chi connectivity index (χ4v) is 1.94. The fourth-order valence-electron chi connectivity index (χ4n) is 1.94. The lowest BCUT2D eigenvalue weighted by Gasteiger charge is -2.11. The van der Waals surface area contributed by atoms with Gasteiger partial charge in [0.05, 0.1) is 11.4 Å². The Morgan fingerprint density at radius 2 is 1.70 bits per heavy atom. The van der Waals surface area contributed by atoms with Crippen LogP contribution in [-0.2, 0) is 0 Å². The maximum absolute atomic E-state index is 12.2. The first kappa shape index (κ1) is 13.9. The summed E-state index contributed by atoms with van der Waals surface area (Å²) in [5.41, 5.74) is 10.3. The van der Waals surface area contributed by atoms with Crippen molar-refractivity contribution >= 4 is 17.3 Å². The van der Waals surface area contributed by atoms with Gasteiger partial charge in [0, 0.05) is 5.56 Å². The molecule has 2 aromatic rings. The van der Waals surface area contributed by atoms with Crippen LogP contribution in [0.5, 0.6) is 5.75 Å². The molecule has 0 aliphatic carbocycles. The van der Waals surface area contributed by atoms with Gasteiger partial charge in [0.25, 0.3) is 5.91 Å². The van der Waals surface area contributed by atoms with Crippen molar-refractivity contribution in [3.8, 4) is 5.75 Å². The van der Waals surface area contributed by atoms with E-state index >= 15 is 0 Å². The number of rotatable bonds is 2. The molecule has 4 heteroatoms. The molecule has 4 N–H and O–H groups in total. The number of aryl methyl sites for hydroxylation is 3. The molecule has 0 heterocycles. The van der Waals surface area contributed by atoms with Gasteiger partial charge in [-0.2, -0.15) is 0 Å². The second kappa shape index (κ2) is 5.25. The van der Waals surface area contributed by atoms with Crippen molar-refractivity contribution in [1.82, 2.24) is 0 Å². The second-order valence-corrected chi connectivity index (χ2v) is 4.98. The molecule has 0 aliphatic heterocycles. The predicted molar refractivity (Wildman–Crippen MR) is 81.1 cm³/mol. The number of aromatic hydroxyl groups is 1. The molecule has 0 bridgehead atoms. The molecule has 2 rings (SSSR count). The van der Waals surface area contributed by atoms with Crippen LogP contribution in [0.1, 0.15) is 27.0 Å². The third-order valence-electron chi connectivity index (χ3n) is 3.37. The zero-order chi connectivity index (χ0) is 14.9. The summed E-state index contributed by atoms with van der Waals surface area (Å²) in [7, 11) is 0. The van der Waals surface area contributed by atoms with Crippen LogP contribution in [0.2, 0.25) is 0 Å². The molecule has 2 aromatic carbocycles. The number of hydrogen-bond acceptors (Lipinski definition) is 3. The van der Waals surface area contributed by atoms with Gasteiger partial charge in [0.15, 0.2) is 0 Å². The summed E-state index contributed by atoms with van der Waals surface area (Å²) in [5, 5.41) is 12.3. The minimum Gasteiger partial charge on any atom is -0.508 e. The number of benzene rings is 2. The minimum atomic E-state index is -0.247. The Bertz CT molecular complexity index is 678. The molecule has 0 radical (unpaired) electrons. The van der Waals surface area contributed by atoms with Gasteiger partial charge >= 0.3 is 0 Å². The highest BCUT2D eigenvalue weighted by molar-refractivity contribution is 6.06. The molecule has 0 saturated carbocycles. The topological polar surface area (TPSA) is 75.3 Å². The highest BCUT2D eigenvalue weighted by Crippen LogP contribution is 2.24. The van der Waals surface area contributed by atoms with Crippen molar-refractivity contribution in [2.45, 2.75) is 20.8 Å². The van der Waals surface area contributed by atoms with E-state index in [2.05, 4.69) is 5.32 Å². The minimum absolute atomic E-state index is 0.173. The van der Waals surface area contributed by atoms with E-state index in [1.54, 1.807) is 19.1 Å². The number of amides is 1. The first-order valence-corrected chi connectivity index (χ1v) is 6.36. The maximum atomic E-state index is 12.2. The number of carbonyl (C=O) groups is 1. The van der Waals surface area contributed by atoms with Crippen molar-refractivity contribution in [3.63, 3.8) is 0 Å². The smallest absolute Gasteiger partial charge is 0.255 e. The van der Waals surface area contributed by atoms with Gasteiger partial charge in [0.2, 0.25) is 0 Å². The Labute approximate surface area is 118 Å². The summed E-state index contributed by atoms with van der Waals surface area (Å²) in [6.45, 7) is 5.69. The van der Waals surface area contributed by atoms with E-state index in [0.29, 0.717) is 22.5 Å².